The molecule has 0 amide bonds. The Morgan fingerprint density at radius 3 is 2.24 bits per heavy atom. The minimum absolute atomic E-state index is 0.348. The summed E-state index contributed by atoms with van der Waals surface area (Å²) in [5.74, 6) is 1.17. The first kappa shape index (κ1) is 11.5. The third kappa shape index (κ3) is 2.26. The number of aromatic hydroxyl groups is 1. The Morgan fingerprint density at radius 1 is 1.00 bits per heavy atom. The van der Waals surface area contributed by atoms with Gasteiger partial charge in [-0.15, -0.1) is 0 Å². The van der Waals surface area contributed by atoms with Gasteiger partial charge in [0, 0.05) is 5.56 Å². The van der Waals surface area contributed by atoms with Crippen molar-refractivity contribution in [2.75, 3.05) is 7.11 Å². The summed E-state index contributed by atoms with van der Waals surface area (Å²) in [7, 11) is 1.64. The van der Waals surface area contributed by atoms with E-state index in [0.717, 1.165) is 28.0 Å². The fourth-order valence-corrected chi connectivity index (χ4v) is 1.95. The molecule has 0 aliphatic rings. The summed E-state index contributed by atoms with van der Waals surface area (Å²) in [6, 6.07) is 11.7. The minimum atomic E-state index is 0.348. The third-order valence-corrected chi connectivity index (χ3v) is 2.85. The van der Waals surface area contributed by atoms with Crippen LogP contribution < -0.4 is 4.74 Å². The molecule has 2 aromatic carbocycles. The van der Waals surface area contributed by atoms with Crippen LogP contribution in [0.15, 0.2) is 36.4 Å². The molecule has 0 atom stereocenters. The Labute approximate surface area is 101 Å². The predicted molar refractivity (Wildman–Crippen MR) is 69.6 cm³/mol. The first-order valence-electron chi connectivity index (χ1n) is 5.56. The third-order valence-electron chi connectivity index (χ3n) is 2.85. The number of hydrogen-bond acceptors (Lipinski definition) is 2. The number of methoxy groups -OCH3 is 1. The lowest BCUT2D eigenvalue weighted by molar-refractivity contribution is 0.415. The summed E-state index contributed by atoms with van der Waals surface area (Å²) < 4.78 is 5.12. The zero-order chi connectivity index (χ0) is 12.4. The van der Waals surface area contributed by atoms with E-state index >= 15 is 0 Å². The van der Waals surface area contributed by atoms with Crippen molar-refractivity contribution in [2.45, 2.75) is 13.8 Å². The van der Waals surface area contributed by atoms with Crippen LogP contribution in [0.25, 0.3) is 11.1 Å². The van der Waals surface area contributed by atoms with Crippen LogP contribution in [0.4, 0.5) is 0 Å². The van der Waals surface area contributed by atoms with Gasteiger partial charge in [-0.1, -0.05) is 18.2 Å². The van der Waals surface area contributed by atoms with Crippen molar-refractivity contribution in [1.82, 2.24) is 0 Å². The second-order valence-corrected chi connectivity index (χ2v) is 4.21. The second kappa shape index (κ2) is 4.50. The molecule has 1 N–H and O–H groups in total. The summed E-state index contributed by atoms with van der Waals surface area (Å²) >= 11 is 0. The van der Waals surface area contributed by atoms with Gasteiger partial charge in [-0.25, -0.2) is 0 Å². The average molecular weight is 228 g/mol. The van der Waals surface area contributed by atoms with E-state index in [4.69, 9.17) is 4.74 Å². The van der Waals surface area contributed by atoms with Crippen LogP contribution in [0.5, 0.6) is 11.5 Å². The maximum Gasteiger partial charge on any atom is 0.126 e. The van der Waals surface area contributed by atoms with Gasteiger partial charge in [0.15, 0.2) is 0 Å². The van der Waals surface area contributed by atoms with Crippen LogP contribution in [-0.4, -0.2) is 12.2 Å². The molecule has 0 bridgehead atoms. The van der Waals surface area contributed by atoms with E-state index in [0.29, 0.717) is 5.75 Å². The highest BCUT2D eigenvalue weighted by molar-refractivity contribution is 5.72. The molecule has 2 nitrogen and oxygen atoms in total. The van der Waals surface area contributed by atoms with Crippen LogP contribution >= 0.6 is 0 Å². The summed E-state index contributed by atoms with van der Waals surface area (Å²) in [5.41, 5.74) is 3.90. The van der Waals surface area contributed by atoms with Gasteiger partial charge in [0.2, 0.25) is 0 Å². The van der Waals surface area contributed by atoms with Crippen molar-refractivity contribution in [1.29, 1.82) is 0 Å². The molecule has 0 unspecified atom stereocenters. The van der Waals surface area contributed by atoms with Crippen LogP contribution in [0.1, 0.15) is 11.1 Å². The highest BCUT2D eigenvalue weighted by Gasteiger charge is 2.07. The summed E-state index contributed by atoms with van der Waals surface area (Å²) in [6.45, 7) is 3.94. The van der Waals surface area contributed by atoms with E-state index in [1.54, 1.807) is 7.11 Å². The number of benzene rings is 2. The lowest BCUT2D eigenvalue weighted by atomic mass is 9.99. The molecule has 88 valence electrons. The second-order valence-electron chi connectivity index (χ2n) is 4.21. The lowest BCUT2D eigenvalue weighted by Crippen LogP contribution is -1.86. The SMILES string of the molecule is COc1ccc(-c2cc(C)cc(C)c2O)cc1. The van der Waals surface area contributed by atoms with Crippen molar-refractivity contribution >= 4 is 0 Å². The van der Waals surface area contributed by atoms with E-state index in [9.17, 15) is 5.11 Å². The molecule has 0 aliphatic carbocycles. The standard InChI is InChI=1S/C15H16O2/c1-10-8-11(2)15(16)14(9-10)12-4-6-13(17-3)7-5-12/h4-9,16H,1-3H3. The highest BCUT2D eigenvalue weighted by Crippen LogP contribution is 2.33. The maximum absolute atomic E-state index is 10.1. The Balaban J connectivity index is 2.52. The number of hydrogen-bond donors (Lipinski definition) is 1. The van der Waals surface area contributed by atoms with E-state index in [1.165, 1.54) is 0 Å². The zero-order valence-corrected chi connectivity index (χ0v) is 10.3. The molecule has 0 saturated heterocycles. The molecule has 2 heteroatoms. The van der Waals surface area contributed by atoms with Crippen LogP contribution in [-0.2, 0) is 0 Å². The van der Waals surface area contributed by atoms with Crippen LogP contribution in [0, 0.1) is 13.8 Å². The Hall–Kier alpha value is -1.96. The molecular weight excluding hydrogens is 212 g/mol. The number of rotatable bonds is 2. The molecule has 2 aromatic rings. The Kier molecular flexibility index (Phi) is 3.05. The molecular formula is C15H16O2. The number of ether oxygens (including phenoxy) is 1. The van der Waals surface area contributed by atoms with Crippen molar-refractivity contribution in [3.63, 3.8) is 0 Å². The fraction of sp³-hybridized carbons (Fsp3) is 0.200. The minimum Gasteiger partial charge on any atom is -0.507 e. The largest absolute Gasteiger partial charge is 0.507 e. The summed E-state index contributed by atoms with van der Waals surface area (Å²) in [4.78, 5) is 0. The number of phenols is 1. The molecule has 0 aliphatic heterocycles. The van der Waals surface area contributed by atoms with E-state index < -0.39 is 0 Å². The molecule has 17 heavy (non-hydrogen) atoms. The van der Waals surface area contributed by atoms with Gasteiger partial charge < -0.3 is 9.84 Å². The van der Waals surface area contributed by atoms with Gasteiger partial charge >= 0.3 is 0 Å². The summed E-state index contributed by atoms with van der Waals surface area (Å²) in [5, 5.41) is 10.1. The molecule has 0 spiro atoms. The van der Waals surface area contributed by atoms with Crippen molar-refractivity contribution < 1.29 is 9.84 Å². The number of phenolic OH excluding ortho intramolecular Hbond substituents is 1. The fourth-order valence-electron chi connectivity index (χ4n) is 1.95. The first-order chi connectivity index (χ1) is 8.11. The monoisotopic (exact) mass is 228 g/mol. The topological polar surface area (TPSA) is 29.5 Å². The van der Waals surface area contributed by atoms with Gasteiger partial charge in [0.05, 0.1) is 7.11 Å². The molecule has 2 rings (SSSR count). The smallest absolute Gasteiger partial charge is 0.126 e. The molecule has 0 fully saturated rings. The normalized spacial score (nSPS) is 10.3. The highest BCUT2D eigenvalue weighted by atomic mass is 16.5. The van der Waals surface area contributed by atoms with Crippen LogP contribution in [0.3, 0.4) is 0 Å². The van der Waals surface area contributed by atoms with Gasteiger partial charge in [-0.3, -0.25) is 0 Å². The lowest BCUT2D eigenvalue weighted by Gasteiger charge is -2.09. The van der Waals surface area contributed by atoms with E-state index in [-0.39, 0.29) is 0 Å². The van der Waals surface area contributed by atoms with E-state index in [2.05, 4.69) is 0 Å². The van der Waals surface area contributed by atoms with Gasteiger partial charge in [0.1, 0.15) is 11.5 Å². The van der Waals surface area contributed by atoms with Crippen molar-refractivity contribution in [3.05, 3.63) is 47.5 Å². The van der Waals surface area contributed by atoms with E-state index in [1.807, 2.05) is 50.2 Å². The number of aryl methyl sites for hydroxylation is 2. The zero-order valence-electron chi connectivity index (χ0n) is 10.3. The maximum atomic E-state index is 10.1. The quantitative estimate of drug-likeness (QED) is 0.849. The van der Waals surface area contributed by atoms with Gasteiger partial charge in [0.25, 0.3) is 0 Å². The van der Waals surface area contributed by atoms with Crippen molar-refractivity contribution in [3.8, 4) is 22.6 Å². The summed E-state index contributed by atoms with van der Waals surface area (Å²) in [6.07, 6.45) is 0. The van der Waals surface area contributed by atoms with Crippen LogP contribution in [0.2, 0.25) is 0 Å². The first-order valence-corrected chi connectivity index (χ1v) is 5.56. The molecule has 0 heterocycles. The average Bonchev–Trinajstić information content (AvgIpc) is 2.34. The van der Waals surface area contributed by atoms with Gasteiger partial charge in [-0.05, 0) is 48.7 Å². The molecule has 0 saturated carbocycles. The Morgan fingerprint density at radius 2 is 1.65 bits per heavy atom. The Bertz CT molecular complexity index is 527. The van der Waals surface area contributed by atoms with Gasteiger partial charge in [-0.2, -0.15) is 0 Å². The molecule has 0 aromatic heterocycles. The molecule has 0 radical (unpaired) electrons. The van der Waals surface area contributed by atoms with Crippen molar-refractivity contribution in [2.24, 2.45) is 0 Å². The predicted octanol–water partition coefficient (Wildman–Crippen LogP) is 3.68.